The van der Waals surface area contributed by atoms with E-state index in [-0.39, 0.29) is 5.91 Å². The number of ether oxygens (including phenoxy) is 1. The quantitative estimate of drug-likeness (QED) is 0.852. The highest BCUT2D eigenvalue weighted by molar-refractivity contribution is 7.18. The number of methoxy groups -OCH3 is 1. The van der Waals surface area contributed by atoms with E-state index in [2.05, 4.69) is 10.1 Å². The van der Waals surface area contributed by atoms with Crippen molar-refractivity contribution >= 4 is 39.8 Å². The Labute approximate surface area is 131 Å². The first-order valence-electron chi connectivity index (χ1n) is 6.31. The summed E-state index contributed by atoms with van der Waals surface area (Å²) in [6, 6.07) is 10.7. The molecule has 0 saturated heterocycles. The summed E-state index contributed by atoms with van der Waals surface area (Å²) in [4.78, 5) is 23.6. The molecule has 1 heterocycles. The molecule has 0 unspecified atom stereocenters. The molecule has 1 aromatic heterocycles. The van der Waals surface area contributed by atoms with Crippen molar-refractivity contribution in [2.45, 2.75) is 12.8 Å². The second-order valence-electron chi connectivity index (χ2n) is 4.33. The van der Waals surface area contributed by atoms with Crippen LogP contribution in [0.2, 0.25) is 5.02 Å². The van der Waals surface area contributed by atoms with Crippen LogP contribution < -0.4 is 5.32 Å². The third kappa shape index (κ3) is 4.58. The molecule has 6 heteroatoms. The summed E-state index contributed by atoms with van der Waals surface area (Å²) in [5.41, 5.74) is 1.01. The second kappa shape index (κ2) is 7.24. The van der Waals surface area contributed by atoms with Crippen molar-refractivity contribution in [1.29, 1.82) is 0 Å². The Morgan fingerprint density at radius 2 is 2.10 bits per heavy atom. The predicted octanol–water partition coefficient (Wildman–Crippen LogP) is 3.76. The first-order valence-corrected chi connectivity index (χ1v) is 7.50. The largest absolute Gasteiger partial charge is 0.465 e. The van der Waals surface area contributed by atoms with Crippen LogP contribution in [-0.2, 0) is 16.0 Å². The van der Waals surface area contributed by atoms with Crippen molar-refractivity contribution < 1.29 is 14.3 Å². The van der Waals surface area contributed by atoms with Crippen molar-refractivity contribution in [1.82, 2.24) is 0 Å². The maximum atomic E-state index is 11.9. The van der Waals surface area contributed by atoms with Crippen LogP contribution in [0.15, 0.2) is 36.4 Å². The maximum Gasteiger partial charge on any atom is 0.348 e. The Kier molecular flexibility index (Phi) is 5.36. The summed E-state index contributed by atoms with van der Waals surface area (Å²) in [5.74, 6) is -0.507. The molecule has 0 bridgehead atoms. The van der Waals surface area contributed by atoms with Crippen LogP contribution in [0.25, 0.3) is 0 Å². The van der Waals surface area contributed by atoms with Gasteiger partial charge in [0.25, 0.3) is 0 Å². The number of nitrogens with one attached hydrogen (secondary N) is 1. The van der Waals surface area contributed by atoms with E-state index in [1.54, 1.807) is 18.2 Å². The first kappa shape index (κ1) is 15.5. The Morgan fingerprint density at radius 3 is 2.81 bits per heavy atom. The zero-order valence-electron chi connectivity index (χ0n) is 11.4. The van der Waals surface area contributed by atoms with Gasteiger partial charge in [0.2, 0.25) is 5.91 Å². The molecule has 0 spiro atoms. The number of amides is 1. The number of benzene rings is 1. The molecule has 0 saturated carbocycles. The number of hydrogen-bond acceptors (Lipinski definition) is 4. The zero-order chi connectivity index (χ0) is 15.2. The van der Waals surface area contributed by atoms with Crippen LogP contribution in [-0.4, -0.2) is 19.0 Å². The van der Waals surface area contributed by atoms with Crippen molar-refractivity contribution in [3.63, 3.8) is 0 Å². The normalized spacial score (nSPS) is 10.2. The lowest BCUT2D eigenvalue weighted by Gasteiger charge is -2.03. The van der Waals surface area contributed by atoms with E-state index in [9.17, 15) is 9.59 Å². The molecule has 0 atom stereocenters. The van der Waals surface area contributed by atoms with E-state index in [4.69, 9.17) is 11.6 Å². The molecule has 2 rings (SSSR count). The minimum Gasteiger partial charge on any atom is -0.465 e. The number of halogens is 1. The molecule has 0 fully saturated rings. The van der Waals surface area contributed by atoms with E-state index in [0.717, 1.165) is 5.56 Å². The molecule has 110 valence electrons. The van der Waals surface area contributed by atoms with Crippen LogP contribution in [0.4, 0.5) is 5.00 Å². The van der Waals surface area contributed by atoms with E-state index >= 15 is 0 Å². The number of hydrogen-bond donors (Lipinski definition) is 1. The molecular weight excluding hydrogens is 310 g/mol. The number of rotatable bonds is 5. The van der Waals surface area contributed by atoms with Gasteiger partial charge in [0.15, 0.2) is 0 Å². The number of carbonyl (C=O) groups is 2. The number of thiophene rings is 1. The Balaban J connectivity index is 1.87. The van der Waals surface area contributed by atoms with Crippen LogP contribution in [0.3, 0.4) is 0 Å². The van der Waals surface area contributed by atoms with E-state index in [1.807, 2.05) is 18.2 Å². The average Bonchev–Trinajstić information content (AvgIpc) is 2.93. The van der Waals surface area contributed by atoms with Gasteiger partial charge < -0.3 is 10.1 Å². The Morgan fingerprint density at radius 1 is 1.29 bits per heavy atom. The van der Waals surface area contributed by atoms with Crippen molar-refractivity contribution in [2.24, 2.45) is 0 Å². The third-order valence-corrected chi connectivity index (χ3v) is 4.00. The molecule has 1 N–H and O–H groups in total. The van der Waals surface area contributed by atoms with Gasteiger partial charge in [-0.25, -0.2) is 4.79 Å². The SMILES string of the molecule is COC(=O)c1ccc(NC(=O)CCc2cccc(Cl)c2)s1. The van der Waals surface area contributed by atoms with Crippen LogP contribution >= 0.6 is 22.9 Å². The summed E-state index contributed by atoms with van der Waals surface area (Å²) < 4.78 is 4.62. The van der Waals surface area contributed by atoms with Crippen LogP contribution in [0.1, 0.15) is 21.7 Å². The Hall–Kier alpha value is -1.85. The maximum absolute atomic E-state index is 11.9. The number of carbonyl (C=O) groups excluding carboxylic acids is 2. The highest BCUT2D eigenvalue weighted by Crippen LogP contribution is 2.22. The van der Waals surface area contributed by atoms with Gasteiger partial charge in [-0.3, -0.25) is 4.79 Å². The van der Waals surface area contributed by atoms with Gasteiger partial charge in [-0.15, -0.1) is 11.3 Å². The van der Waals surface area contributed by atoms with Gasteiger partial charge in [0.05, 0.1) is 12.1 Å². The van der Waals surface area contributed by atoms with Gasteiger partial charge >= 0.3 is 5.97 Å². The molecule has 0 radical (unpaired) electrons. The van der Waals surface area contributed by atoms with Crippen LogP contribution in [0.5, 0.6) is 0 Å². The fourth-order valence-electron chi connectivity index (χ4n) is 1.77. The first-order chi connectivity index (χ1) is 10.1. The van der Waals surface area contributed by atoms with E-state index in [1.165, 1.54) is 18.4 Å². The summed E-state index contributed by atoms with van der Waals surface area (Å²) in [6.07, 6.45) is 0.966. The van der Waals surface area contributed by atoms with Crippen molar-refractivity contribution in [3.8, 4) is 0 Å². The number of esters is 1. The zero-order valence-corrected chi connectivity index (χ0v) is 13.0. The summed E-state index contributed by atoms with van der Waals surface area (Å²) in [6.45, 7) is 0. The molecule has 1 amide bonds. The molecule has 2 aromatic rings. The monoisotopic (exact) mass is 323 g/mol. The molecule has 0 aliphatic heterocycles. The minimum absolute atomic E-state index is 0.103. The molecule has 0 aliphatic carbocycles. The molecular formula is C15H14ClNO3S. The summed E-state index contributed by atoms with van der Waals surface area (Å²) in [5, 5.41) is 4.06. The van der Waals surface area contributed by atoms with Gasteiger partial charge in [0, 0.05) is 11.4 Å². The molecule has 0 aliphatic rings. The van der Waals surface area contributed by atoms with Gasteiger partial charge in [0.1, 0.15) is 4.88 Å². The van der Waals surface area contributed by atoms with Crippen LogP contribution in [0, 0.1) is 0 Å². The fraction of sp³-hybridized carbons (Fsp3) is 0.200. The highest BCUT2D eigenvalue weighted by Gasteiger charge is 2.11. The average molecular weight is 324 g/mol. The van der Waals surface area contributed by atoms with Crippen molar-refractivity contribution in [3.05, 3.63) is 51.9 Å². The smallest absolute Gasteiger partial charge is 0.348 e. The van der Waals surface area contributed by atoms with E-state index in [0.29, 0.717) is 27.7 Å². The van der Waals surface area contributed by atoms with Gasteiger partial charge in [-0.1, -0.05) is 23.7 Å². The summed E-state index contributed by atoms with van der Waals surface area (Å²) >= 11 is 7.08. The lowest BCUT2D eigenvalue weighted by atomic mass is 10.1. The third-order valence-electron chi connectivity index (χ3n) is 2.78. The topological polar surface area (TPSA) is 55.4 Å². The minimum atomic E-state index is -0.403. The lowest BCUT2D eigenvalue weighted by Crippen LogP contribution is -2.11. The number of anilines is 1. The lowest BCUT2D eigenvalue weighted by molar-refractivity contribution is -0.116. The van der Waals surface area contributed by atoms with Crippen molar-refractivity contribution in [2.75, 3.05) is 12.4 Å². The highest BCUT2D eigenvalue weighted by atomic mass is 35.5. The standard InChI is InChI=1S/C15H14ClNO3S/c1-20-15(19)12-6-8-14(21-12)17-13(18)7-5-10-3-2-4-11(16)9-10/h2-4,6,8-9H,5,7H2,1H3,(H,17,18). The molecule has 21 heavy (non-hydrogen) atoms. The Bertz CT molecular complexity index is 654. The predicted molar refractivity (Wildman–Crippen MR) is 84.1 cm³/mol. The van der Waals surface area contributed by atoms with Gasteiger partial charge in [-0.2, -0.15) is 0 Å². The fourth-order valence-corrected chi connectivity index (χ4v) is 2.82. The molecule has 4 nitrogen and oxygen atoms in total. The van der Waals surface area contributed by atoms with E-state index < -0.39 is 5.97 Å². The molecule has 1 aromatic carbocycles. The second-order valence-corrected chi connectivity index (χ2v) is 5.85. The number of aryl methyl sites for hydroxylation is 1. The summed E-state index contributed by atoms with van der Waals surface area (Å²) in [7, 11) is 1.32. The van der Waals surface area contributed by atoms with Gasteiger partial charge in [-0.05, 0) is 36.2 Å².